The average Bonchev–Trinajstić information content (AvgIpc) is 2.79. The van der Waals surface area contributed by atoms with E-state index < -0.39 is 19.4 Å². The minimum Gasteiger partial charge on any atom is -0.397 e. The molecule has 1 aromatic carbocycles. The number of anilines is 1. The summed E-state index contributed by atoms with van der Waals surface area (Å²) in [5.74, 6) is 0.0548. The van der Waals surface area contributed by atoms with E-state index in [-0.39, 0.29) is 17.4 Å². The number of nitrogen functional groups attached to an aromatic ring is 1. The number of benzene rings is 1. The highest BCUT2D eigenvalue weighted by Gasteiger charge is 2.27. The normalized spacial score (nSPS) is 11.8. The first-order valence-corrected chi connectivity index (χ1v) is 5.76. The van der Waals surface area contributed by atoms with Gasteiger partial charge in [0, 0.05) is 0 Å². The molecule has 0 radical (unpaired) electrons. The molecular weight excluding hydrogens is 299 g/mol. The van der Waals surface area contributed by atoms with Crippen molar-refractivity contribution < 1.29 is 22.4 Å². The molecule has 20 heavy (non-hydrogen) atoms. The fourth-order valence-corrected chi connectivity index (χ4v) is 1.58. The van der Waals surface area contributed by atoms with Crippen LogP contribution in [0.3, 0.4) is 0 Å². The molecule has 0 saturated carbocycles. The zero-order valence-corrected chi connectivity index (χ0v) is 10.7. The lowest BCUT2D eigenvalue weighted by atomic mass is 10.2. The van der Waals surface area contributed by atoms with Crippen LogP contribution in [0.15, 0.2) is 22.7 Å². The van der Waals surface area contributed by atoms with E-state index in [0.717, 1.165) is 0 Å². The van der Waals surface area contributed by atoms with Crippen molar-refractivity contribution in [2.75, 3.05) is 12.3 Å². The number of nitrogens with two attached hydrogens (primary N) is 1. The predicted molar refractivity (Wildman–Crippen MR) is 64.9 cm³/mol. The molecule has 9 heteroatoms. The Labute approximate surface area is 116 Å². The summed E-state index contributed by atoms with van der Waals surface area (Å²) in [5, 5.41) is 3.82. The van der Waals surface area contributed by atoms with Crippen molar-refractivity contribution in [1.82, 2.24) is 10.1 Å². The summed E-state index contributed by atoms with van der Waals surface area (Å²) in [7, 11) is 0. The molecule has 0 aliphatic carbocycles. The highest BCUT2D eigenvalue weighted by atomic mass is 35.5. The van der Waals surface area contributed by atoms with Gasteiger partial charge in [0.15, 0.2) is 5.82 Å². The van der Waals surface area contributed by atoms with Gasteiger partial charge in [0.2, 0.25) is 0 Å². The quantitative estimate of drug-likeness (QED) is 0.879. The lowest BCUT2D eigenvalue weighted by Gasteiger charge is -2.04. The molecule has 0 fully saturated rings. The molecule has 2 N–H and O–H groups in total. The first-order chi connectivity index (χ1) is 9.37. The average molecular weight is 308 g/mol. The van der Waals surface area contributed by atoms with Crippen molar-refractivity contribution >= 4 is 17.3 Å². The Morgan fingerprint density at radius 1 is 1.35 bits per heavy atom. The van der Waals surface area contributed by atoms with Crippen molar-refractivity contribution in [3.63, 3.8) is 0 Å². The van der Waals surface area contributed by atoms with Crippen LogP contribution in [0.4, 0.5) is 18.9 Å². The zero-order valence-electron chi connectivity index (χ0n) is 9.95. The summed E-state index contributed by atoms with van der Waals surface area (Å²) < 4.78 is 45.0. The molecule has 0 bridgehead atoms. The summed E-state index contributed by atoms with van der Waals surface area (Å²) >= 11 is 5.84. The maximum Gasteiger partial charge on any atom is 0.411 e. The van der Waals surface area contributed by atoms with Gasteiger partial charge >= 0.3 is 6.18 Å². The van der Waals surface area contributed by atoms with E-state index in [1.165, 1.54) is 0 Å². The second-order valence-corrected chi connectivity index (χ2v) is 4.23. The standard InChI is InChI=1S/C11H9ClF3N3O2/c12-7-3-1-2-6(9(7)16)10-17-8(18-20-10)4-19-5-11(13,14)15/h1-3H,4-5,16H2. The van der Waals surface area contributed by atoms with Gasteiger partial charge in [-0.2, -0.15) is 18.2 Å². The summed E-state index contributed by atoms with van der Waals surface area (Å²) in [5.41, 5.74) is 6.40. The third-order valence-corrected chi connectivity index (χ3v) is 2.58. The number of rotatable bonds is 4. The second kappa shape index (κ2) is 5.68. The predicted octanol–water partition coefficient (Wildman–Crippen LogP) is 3.05. The number of hydrogen-bond donors (Lipinski definition) is 1. The van der Waals surface area contributed by atoms with Crippen LogP contribution < -0.4 is 5.73 Å². The minimum absolute atomic E-state index is 0.0105. The molecule has 5 nitrogen and oxygen atoms in total. The smallest absolute Gasteiger partial charge is 0.397 e. The van der Waals surface area contributed by atoms with Gasteiger partial charge in [-0.3, -0.25) is 0 Å². The fourth-order valence-electron chi connectivity index (χ4n) is 1.40. The molecule has 0 amide bonds. The second-order valence-electron chi connectivity index (χ2n) is 3.82. The van der Waals surface area contributed by atoms with E-state index in [2.05, 4.69) is 14.9 Å². The van der Waals surface area contributed by atoms with Crippen molar-refractivity contribution in [2.45, 2.75) is 12.8 Å². The van der Waals surface area contributed by atoms with Crippen LogP contribution in [0.25, 0.3) is 11.5 Å². The maximum absolute atomic E-state index is 11.9. The van der Waals surface area contributed by atoms with Crippen LogP contribution in [0.5, 0.6) is 0 Å². The van der Waals surface area contributed by atoms with Crippen LogP contribution in [0.1, 0.15) is 5.82 Å². The monoisotopic (exact) mass is 307 g/mol. The van der Waals surface area contributed by atoms with E-state index in [0.29, 0.717) is 10.6 Å². The summed E-state index contributed by atoms with van der Waals surface area (Å²) in [6.45, 7) is -1.79. The van der Waals surface area contributed by atoms with E-state index in [1.54, 1.807) is 18.2 Å². The zero-order chi connectivity index (χ0) is 14.8. The summed E-state index contributed by atoms with van der Waals surface area (Å²) in [4.78, 5) is 3.89. The van der Waals surface area contributed by atoms with E-state index in [4.69, 9.17) is 21.9 Å². The van der Waals surface area contributed by atoms with Gasteiger partial charge in [-0.05, 0) is 12.1 Å². The van der Waals surface area contributed by atoms with Gasteiger partial charge in [-0.1, -0.05) is 22.8 Å². The van der Waals surface area contributed by atoms with Crippen LogP contribution in [-0.4, -0.2) is 22.9 Å². The van der Waals surface area contributed by atoms with Crippen molar-refractivity contribution in [1.29, 1.82) is 0 Å². The molecule has 0 saturated heterocycles. The third-order valence-electron chi connectivity index (χ3n) is 2.25. The summed E-state index contributed by atoms with van der Waals surface area (Å²) in [6, 6.07) is 4.83. The number of para-hydroxylation sites is 1. The molecule has 2 aromatic rings. The van der Waals surface area contributed by atoms with Gasteiger partial charge in [0.1, 0.15) is 13.2 Å². The molecule has 0 spiro atoms. The SMILES string of the molecule is Nc1c(Cl)cccc1-c1nc(COCC(F)(F)F)no1. The van der Waals surface area contributed by atoms with Crippen LogP contribution in [0.2, 0.25) is 5.02 Å². The summed E-state index contributed by atoms with van der Waals surface area (Å²) in [6.07, 6.45) is -4.40. The Morgan fingerprint density at radius 3 is 2.80 bits per heavy atom. The molecule has 1 heterocycles. The Kier molecular flexibility index (Phi) is 4.15. The van der Waals surface area contributed by atoms with E-state index in [1.807, 2.05) is 0 Å². The molecule has 2 rings (SSSR count). The largest absolute Gasteiger partial charge is 0.411 e. The maximum atomic E-state index is 11.9. The van der Waals surface area contributed by atoms with Crippen LogP contribution >= 0.6 is 11.6 Å². The molecule has 108 valence electrons. The first kappa shape index (κ1) is 14.6. The highest BCUT2D eigenvalue weighted by Crippen LogP contribution is 2.30. The highest BCUT2D eigenvalue weighted by molar-refractivity contribution is 6.33. The molecular formula is C11H9ClF3N3O2. The third kappa shape index (κ3) is 3.61. The number of halogens is 4. The van der Waals surface area contributed by atoms with Gasteiger partial charge in [0.05, 0.1) is 16.3 Å². The van der Waals surface area contributed by atoms with Crippen molar-refractivity contribution in [2.24, 2.45) is 0 Å². The number of alkyl halides is 3. The molecule has 0 unspecified atom stereocenters. The Morgan fingerprint density at radius 2 is 2.10 bits per heavy atom. The molecule has 1 aromatic heterocycles. The van der Waals surface area contributed by atoms with Crippen molar-refractivity contribution in [3.05, 3.63) is 29.0 Å². The van der Waals surface area contributed by atoms with E-state index >= 15 is 0 Å². The number of nitrogens with zero attached hydrogens (tertiary/aromatic N) is 2. The number of aromatic nitrogens is 2. The van der Waals surface area contributed by atoms with Crippen molar-refractivity contribution in [3.8, 4) is 11.5 Å². The first-order valence-electron chi connectivity index (χ1n) is 5.38. The lowest BCUT2D eigenvalue weighted by molar-refractivity contribution is -0.177. The Hall–Kier alpha value is -1.80. The minimum atomic E-state index is -4.40. The van der Waals surface area contributed by atoms with Crippen LogP contribution in [0, 0.1) is 0 Å². The number of ether oxygens (including phenoxy) is 1. The molecule has 0 aliphatic rings. The molecule has 0 atom stereocenters. The fraction of sp³-hybridized carbons (Fsp3) is 0.273. The van der Waals surface area contributed by atoms with Gasteiger partial charge in [-0.25, -0.2) is 0 Å². The molecule has 0 aliphatic heterocycles. The van der Waals surface area contributed by atoms with E-state index in [9.17, 15) is 13.2 Å². The van der Waals surface area contributed by atoms with Gasteiger partial charge < -0.3 is 15.0 Å². The Bertz CT molecular complexity index is 601. The van der Waals surface area contributed by atoms with Gasteiger partial charge in [-0.15, -0.1) is 0 Å². The van der Waals surface area contributed by atoms with Gasteiger partial charge in [0.25, 0.3) is 5.89 Å². The Balaban J connectivity index is 2.07. The van der Waals surface area contributed by atoms with Crippen LogP contribution in [-0.2, 0) is 11.3 Å². The topological polar surface area (TPSA) is 74.2 Å². The number of hydrogen-bond acceptors (Lipinski definition) is 5. The lowest BCUT2D eigenvalue weighted by Crippen LogP contribution is -2.16.